The summed E-state index contributed by atoms with van der Waals surface area (Å²) in [7, 11) is 0. The van der Waals surface area contributed by atoms with Crippen molar-refractivity contribution in [3.63, 3.8) is 0 Å². The molecule has 0 radical (unpaired) electrons. The number of hydrogen-bond acceptors (Lipinski definition) is 5. The number of alkyl halides is 3. The SMILES string of the molecule is C[C@H]1CN(Cc2cccc(-c3cccc(CN(C(=O)C(F)(F)F)c4cccc(C(=O)c5ccc(Cl)c(Cl)c5)c4)c3)n2)CCN1. The number of carbonyl (C=O) groups excluding carboxylic acids is 2. The summed E-state index contributed by atoms with van der Waals surface area (Å²) in [6.45, 7) is 5.17. The third kappa shape index (κ3) is 7.65. The maximum atomic E-state index is 13.8. The van der Waals surface area contributed by atoms with Crippen molar-refractivity contribution in [1.82, 2.24) is 15.2 Å². The van der Waals surface area contributed by atoms with Crippen LogP contribution in [-0.4, -0.2) is 53.4 Å². The standard InChI is InChI=1S/C33H29Cl2F3N4O2/c1-21-18-41(14-13-39-21)20-26-8-4-10-30(40-26)23-6-2-5-22(15-23)19-42(32(44)33(36,37)38)27-9-3-7-24(16-27)31(43)25-11-12-28(34)29(35)17-25/h2-12,15-17,21,39H,13-14,18-20H2,1H3/t21-/m0/s1. The first kappa shape index (κ1) is 31.7. The van der Waals surface area contributed by atoms with E-state index in [9.17, 15) is 22.8 Å². The highest BCUT2D eigenvalue weighted by Gasteiger charge is 2.43. The maximum Gasteiger partial charge on any atom is 0.471 e. The van der Waals surface area contributed by atoms with Crippen LogP contribution in [0.5, 0.6) is 0 Å². The van der Waals surface area contributed by atoms with E-state index < -0.39 is 17.9 Å². The fraction of sp³-hybridized carbons (Fsp3) is 0.242. The molecule has 1 saturated heterocycles. The van der Waals surface area contributed by atoms with Gasteiger partial charge in [0, 0.05) is 54.6 Å². The quantitative estimate of drug-likeness (QED) is 0.207. The highest BCUT2D eigenvalue weighted by Crippen LogP contribution is 2.29. The van der Waals surface area contributed by atoms with Crippen LogP contribution in [0.25, 0.3) is 11.3 Å². The van der Waals surface area contributed by atoms with E-state index in [0.29, 0.717) is 34.3 Å². The van der Waals surface area contributed by atoms with Gasteiger partial charge < -0.3 is 10.2 Å². The molecule has 3 aromatic carbocycles. The minimum atomic E-state index is -5.14. The highest BCUT2D eigenvalue weighted by atomic mass is 35.5. The molecule has 1 aliphatic rings. The van der Waals surface area contributed by atoms with Gasteiger partial charge in [-0.15, -0.1) is 0 Å². The fourth-order valence-electron chi connectivity index (χ4n) is 5.18. The molecule has 4 aromatic rings. The van der Waals surface area contributed by atoms with Crippen LogP contribution in [0.1, 0.15) is 34.1 Å². The number of aromatic nitrogens is 1. The molecular weight excluding hydrogens is 612 g/mol. The lowest BCUT2D eigenvalue weighted by atomic mass is 10.0. The van der Waals surface area contributed by atoms with Crippen molar-refractivity contribution >= 4 is 40.6 Å². The Morgan fingerprint density at radius 3 is 2.45 bits per heavy atom. The van der Waals surface area contributed by atoms with Gasteiger partial charge in [-0.05, 0) is 61.0 Å². The molecule has 0 bridgehead atoms. The first-order valence-electron chi connectivity index (χ1n) is 14.0. The summed E-state index contributed by atoms with van der Waals surface area (Å²) in [5.74, 6) is -2.53. The Kier molecular flexibility index (Phi) is 9.70. The van der Waals surface area contributed by atoms with E-state index in [2.05, 4.69) is 17.1 Å². The number of rotatable bonds is 8. The lowest BCUT2D eigenvalue weighted by Crippen LogP contribution is -2.48. The lowest BCUT2D eigenvalue weighted by molar-refractivity contribution is -0.170. The number of amides is 1. The van der Waals surface area contributed by atoms with Gasteiger partial charge in [-0.3, -0.25) is 19.5 Å². The minimum Gasteiger partial charge on any atom is -0.312 e. The van der Waals surface area contributed by atoms with Crippen molar-refractivity contribution < 1.29 is 22.8 Å². The Hall–Kier alpha value is -3.76. The molecular formula is C33H29Cl2F3N4O2. The smallest absolute Gasteiger partial charge is 0.312 e. The molecule has 228 valence electrons. The van der Waals surface area contributed by atoms with Gasteiger partial charge in [0.25, 0.3) is 0 Å². The average molecular weight is 642 g/mol. The molecule has 44 heavy (non-hydrogen) atoms. The van der Waals surface area contributed by atoms with Gasteiger partial charge in [-0.1, -0.05) is 59.6 Å². The summed E-state index contributed by atoms with van der Waals surface area (Å²) >= 11 is 12.0. The molecule has 2 heterocycles. The van der Waals surface area contributed by atoms with Gasteiger partial charge in [0.05, 0.1) is 28.0 Å². The summed E-state index contributed by atoms with van der Waals surface area (Å²) in [5, 5.41) is 3.85. The molecule has 1 atom stereocenters. The molecule has 6 nitrogen and oxygen atoms in total. The van der Waals surface area contributed by atoms with E-state index in [0.717, 1.165) is 25.3 Å². The third-order valence-electron chi connectivity index (χ3n) is 7.30. The van der Waals surface area contributed by atoms with Gasteiger partial charge in [0.2, 0.25) is 0 Å². The molecule has 1 N–H and O–H groups in total. The van der Waals surface area contributed by atoms with Crippen LogP contribution in [0.2, 0.25) is 10.0 Å². The Morgan fingerprint density at radius 2 is 1.70 bits per heavy atom. The third-order valence-corrected chi connectivity index (χ3v) is 8.04. The second kappa shape index (κ2) is 13.5. The lowest BCUT2D eigenvalue weighted by Gasteiger charge is -2.31. The van der Waals surface area contributed by atoms with Crippen LogP contribution in [-0.2, 0) is 17.9 Å². The maximum absolute atomic E-state index is 13.8. The zero-order chi connectivity index (χ0) is 31.4. The van der Waals surface area contributed by atoms with Crippen LogP contribution < -0.4 is 10.2 Å². The van der Waals surface area contributed by atoms with Gasteiger partial charge in [-0.25, -0.2) is 0 Å². The molecule has 11 heteroatoms. The number of nitrogens with one attached hydrogen (secondary N) is 1. The predicted molar refractivity (Wildman–Crippen MR) is 166 cm³/mol. The van der Waals surface area contributed by atoms with E-state index in [4.69, 9.17) is 28.2 Å². The second-order valence-electron chi connectivity index (χ2n) is 10.7. The number of pyridine rings is 1. The molecule has 5 rings (SSSR count). The Labute approximate surface area is 263 Å². The normalized spacial score (nSPS) is 15.6. The average Bonchev–Trinajstić information content (AvgIpc) is 3.00. The van der Waals surface area contributed by atoms with E-state index in [1.165, 1.54) is 42.5 Å². The number of hydrogen-bond donors (Lipinski definition) is 1. The van der Waals surface area contributed by atoms with Crippen LogP contribution >= 0.6 is 23.2 Å². The molecule has 1 fully saturated rings. The Morgan fingerprint density at radius 1 is 0.955 bits per heavy atom. The molecule has 0 aliphatic carbocycles. The van der Waals surface area contributed by atoms with Crippen molar-refractivity contribution in [2.24, 2.45) is 0 Å². The largest absolute Gasteiger partial charge is 0.471 e. The van der Waals surface area contributed by atoms with E-state index in [1.807, 2.05) is 24.3 Å². The summed E-state index contributed by atoms with van der Waals surface area (Å²) in [4.78, 5) is 33.6. The number of benzene rings is 3. The number of carbonyl (C=O) groups is 2. The van der Waals surface area contributed by atoms with Crippen LogP contribution in [0.15, 0.2) is 84.9 Å². The second-order valence-corrected chi connectivity index (χ2v) is 11.5. The molecule has 1 aliphatic heterocycles. The molecule has 0 unspecified atom stereocenters. The zero-order valence-electron chi connectivity index (χ0n) is 23.7. The van der Waals surface area contributed by atoms with Crippen molar-refractivity contribution in [1.29, 1.82) is 0 Å². The van der Waals surface area contributed by atoms with Crippen LogP contribution in [0.3, 0.4) is 0 Å². The molecule has 0 saturated carbocycles. The van der Waals surface area contributed by atoms with E-state index >= 15 is 0 Å². The van der Waals surface area contributed by atoms with E-state index in [1.54, 1.807) is 18.2 Å². The molecule has 0 spiro atoms. The van der Waals surface area contributed by atoms with Gasteiger partial charge in [-0.2, -0.15) is 13.2 Å². The Balaban J connectivity index is 1.41. The number of ketones is 1. The van der Waals surface area contributed by atoms with Gasteiger partial charge >= 0.3 is 12.1 Å². The highest BCUT2D eigenvalue weighted by molar-refractivity contribution is 6.42. The fourth-order valence-corrected chi connectivity index (χ4v) is 5.48. The zero-order valence-corrected chi connectivity index (χ0v) is 25.3. The number of halogens is 5. The van der Waals surface area contributed by atoms with Crippen molar-refractivity contribution in [3.8, 4) is 11.3 Å². The van der Waals surface area contributed by atoms with Crippen molar-refractivity contribution in [2.45, 2.75) is 32.2 Å². The minimum absolute atomic E-state index is 0.0750. The van der Waals surface area contributed by atoms with Gasteiger partial charge in [0.1, 0.15) is 0 Å². The first-order chi connectivity index (χ1) is 21.0. The van der Waals surface area contributed by atoms with Gasteiger partial charge in [0.15, 0.2) is 5.78 Å². The monoisotopic (exact) mass is 640 g/mol. The van der Waals surface area contributed by atoms with E-state index in [-0.39, 0.29) is 33.4 Å². The molecule has 1 amide bonds. The number of nitrogens with zero attached hydrogens (tertiary/aromatic N) is 3. The van der Waals surface area contributed by atoms with Crippen molar-refractivity contribution in [2.75, 3.05) is 24.5 Å². The first-order valence-corrected chi connectivity index (χ1v) is 14.7. The summed E-state index contributed by atoms with van der Waals surface area (Å²) in [6.07, 6.45) is -5.14. The van der Waals surface area contributed by atoms with Crippen molar-refractivity contribution in [3.05, 3.63) is 117 Å². The number of anilines is 1. The van der Waals surface area contributed by atoms with Crippen LogP contribution in [0.4, 0.5) is 18.9 Å². The Bertz CT molecular complexity index is 1680. The topological polar surface area (TPSA) is 65.5 Å². The summed E-state index contributed by atoms with van der Waals surface area (Å²) in [6, 6.07) is 22.9. The molecule has 1 aromatic heterocycles. The predicted octanol–water partition coefficient (Wildman–Crippen LogP) is 7.18. The summed E-state index contributed by atoms with van der Waals surface area (Å²) in [5.41, 5.74) is 2.96. The number of piperazine rings is 1. The summed E-state index contributed by atoms with van der Waals surface area (Å²) < 4.78 is 41.4. The van der Waals surface area contributed by atoms with Crippen LogP contribution in [0, 0.1) is 0 Å².